The lowest BCUT2D eigenvalue weighted by molar-refractivity contribution is -0.147. The van der Waals surface area contributed by atoms with Crippen molar-refractivity contribution >= 4 is 11.9 Å². The molecule has 1 amide bonds. The Kier molecular flexibility index (Phi) is 18.3. The highest BCUT2D eigenvalue weighted by Crippen LogP contribution is 2.10. The van der Waals surface area contributed by atoms with Gasteiger partial charge >= 0.3 is 5.97 Å². The predicted octanol–water partition coefficient (Wildman–Crippen LogP) is 2.79. The van der Waals surface area contributed by atoms with E-state index in [2.05, 4.69) is 22.9 Å². The number of nitrogens with two attached hydrogens (primary N) is 1. The third kappa shape index (κ3) is 15.8. The standard InChI is InChI=1S/C21H44N4O3/c1-4-7-8-9-10-11-12-13-16-19(26)25-18(20(27)28-6-3)15-14-17-24-21(22)23-5-2/h18,21,23-24H,4-17,22H2,1-3H3,(H,25,26). The Morgan fingerprint density at radius 1 is 0.893 bits per heavy atom. The van der Waals surface area contributed by atoms with Gasteiger partial charge in [0.25, 0.3) is 0 Å². The van der Waals surface area contributed by atoms with Crippen LogP contribution >= 0.6 is 0 Å². The van der Waals surface area contributed by atoms with Crippen LogP contribution in [0.4, 0.5) is 0 Å². The zero-order valence-electron chi connectivity index (χ0n) is 18.4. The molecule has 0 aliphatic heterocycles. The van der Waals surface area contributed by atoms with Crippen molar-refractivity contribution in [2.75, 3.05) is 19.7 Å². The molecule has 5 N–H and O–H groups in total. The zero-order valence-corrected chi connectivity index (χ0v) is 18.4. The maximum Gasteiger partial charge on any atom is 0.328 e. The van der Waals surface area contributed by atoms with Crippen LogP contribution in [0.15, 0.2) is 0 Å². The van der Waals surface area contributed by atoms with E-state index >= 15 is 0 Å². The number of unbranched alkanes of at least 4 members (excludes halogenated alkanes) is 7. The Balaban J connectivity index is 4.05. The molecule has 0 aliphatic rings. The largest absolute Gasteiger partial charge is 0.464 e. The minimum absolute atomic E-state index is 0.0682. The molecule has 7 heteroatoms. The van der Waals surface area contributed by atoms with Crippen molar-refractivity contribution in [3.8, 4) is 0 Å². The van der Waals surface area contributed by atoms with E-state index in [1.165, 1.54) is 38.5 Å². The maximum absolute atomic E-state index is 12.2. The van der Waals surface area contributed by atoms with Gasteiger partial charge in [0.05, 0.1) is 6.61 Å². The minimum atomic E-state index is -0.585. The normalized spacial score (nSPS) is 13.1. The summed E-state index contributed by atoms with van der Waals surface area (Å²) in [6.07, 6.45) is 11.0. The van der Waals surface area contributed by atoms with Gasteiger partial charge in [-0.25, -0.2) is 4.79 Å². The van der Waals surface area contributed by atoms with Crippen molar-refractivity contribution in [3.05, 3.63) is 0 Å². The molecule has 7 nitrogen and oxygen atoms in total. The highest BCUT2D eigenvalue weighted by atomic mass is 16.5. The fourth-order valence-corrected chi connectivity index (χ4v) is 3.03. The maximum atomic E-state index is 12.2. The number of nitrogens with one attached hydrogen (secondary N) is 3. The van der Waals surface area contributed by atoms with Crippen LogP contribution in [0.2, 0.25) is 0 Å². The Bertz CT molecular complexity index is 394. The lowest BCUT2D eigenvalue weighted by Crippen LogP contribution is -2.49. The van der Waals surface area contributed by atoms with E-state index in [1.807, 2.05) is 6.92 Å². The first-order valence-corrected chi connectivity index (χ1v) is 11.2. The molecule has 0 radical (unpaired) electrons. The SMILES string of the molecule is CCCCCCCCCCC(=O)NC(CCCNC(N)NCC)C(=O)OCC. The van der Waals surface area contributed by atoms with Gasteiger partial charge < -0.3 is 15.8 Å². The minimum Gasteiger partial charge on any atom is -0.464 e. The van der Waals surface area contributed by atoms with Crippen LogP contribution in [0.3, 0.4) is 0 Å². The van der Waals surface area contributed by atoms with Crippen LogP contribution in [0.1, 0.15) is 91.4 Å². The number of rotatable bonds is 19. The van der Waals surface area contributed by atoms with E-state index in [1.54, 1.807) is 6.92 Å². The van der Waals surface area contributed by atoms with Crippen molar-refractivity contribution < 1.29 is 14.3 Å². The van der Waals surface area contributed by atoms with Crippen LogP contribution in [-0.4, -0.2) is 43.9 Å². The van der Waals surface area contributed by atoms with E-state index in [-0.39, 0.29) is 18.2 Å². The van der Waals surface area contributed by atoms with E-state index in [0.29, 0.717) is 26.0 Å². The van der Waals surface area contributed by atoms with Crippen LogP contribution in [0.5, 0.6) is 0 Å². The Morgan fingerprint density at radius 2 is 1.54 bits per heavy atom. The van der Waals surface area contributed by atoms with Gasteiger partial charge in [0.15, 0.2) is 0 Å². The van der Waals surface area contributed by atoms with Gasteiger partial charge in [-0.15, -0.1) is 0 Å². The molecule has 0 bridgehead atoms. The van der Waals surface area contributed by atoms with E-state index in [0.717, 1.165) is 25.8 Å². The van der Waals surface area contributed by atoms with E-state index in [9.17, 15) is 9.59 Å². The van der Waals surface area contributed by atoms with Crippen molar-refractivity contribution in [2.24, 2.45) is 5.73 Å². The summed E-state index contributed by atoms with van der Waals surface area (Å²) in [7, 11) is 0. The molecule has 0 spiro atoms. The summed E-state index contributed by atoms with van der Waals surface area (Å²) in [5, 5.41) is 9.04. The molecule has 0 aliphatic carbocycles. The van der Waals surface area contributed by atoms with Crippen molar-refractivity contribution in [1.29, 1.82) is 0 Å². The molecular weight excluding hydrogens is 356 g/mol. The lowest BCUT2D eigenvalue weighted by Gasteiger charge is -2.18. The van der Waals surface area contributed by atoms with E-state index < -0.39 is 6.04 Å². The Hall–Kier alpha value is -1.18. The molecule has 2 atom stereocenters. The van der Waals surface area contributed by atoms with Crippen LogP contribution in [-0.2, 0) is 14.3 Å². The van der Waals surface area contributed by atoms with Crippen LogP contribution < -0.4 is 21.7 Å². The molecule has 0 rings (SSSR count). The Labute approximate surface area is 171 Å². The van der Waals surface area contributed by atoms with Gasteiger partial charge in [-0.2, -0.15) is 0 Å². The highest BCUT2D eigenvalue weighted by molar-refractivity contribution is 5.84. The average Bonchev–Trinajstić information content (AvgIpc) is 2.66. The Morgan fingerprint density at radius 3 is 2.14 bits per heavy atom. The summed E-state index contributed by atoms with van der Waals surface area (Å²) < 4.78 is 5.10. The lowest BCUT2D eigenvalue weighted by atomic mass is 10.1. The summed E-state index contributed by atoms with van der Waals surface area (Å²) in [4.78, 5) is 24.3. The number of hydrogen-bond donors (Lipinski definition) is 4. The van der Waals surface area contributed by atoms with Gasteiger partial charge in [0.2, 0.25) is 5.91 Å². The molecule has 2 unspecified atom stereocenters. The molecule has 0 aromatic heterocycles. The average molecular weight is 401 g/mol. The second-order valence-electron chi connectivity index (χ2n) is 7.23. The molecule has 166 valence electrons. The first-order valence-electron chi connectivity index (χ1n) is 11.2. The van der Waals surface area contributed by atoms with Gasteiger partial charge in [-0.3, -0.25) is 15.4 Å². The molecule has 0 fully saturated rings. The molecule has 0 aromatic rings. The summed E-state index contributed by atoms with van der Waals surface area (Å²) in [5.74, 6) is -0.427. The van der Waals surface area contributed by atoms with E-state index in [4.69, 9.17) is 10.5 Å². The fraction of sp³-hybridized carbons (Fsp3) is 0.905. The second-order valence-corrected chi connectivity index (χ2v) is 7.23. The van der Waals surface area contributed by atoms with Crippen LogP contribution in [0.25, 0.3) is 0 Å². The zero-order chi connectivity index (χ0) is 21.0. The monoisotopic (exact) mass is 400 g/mol. The number of esters is 1. The first kappa shape index (κ1) is 26.8. The van der Waals surface area contributed by atoms with Crippen molar-refractivity contribution in [2.45, 2.75) is 104 Å². The fourth-order valence-electron chi connectivity index (χ4n) is 3.03. The van der Waals surface area contributed by atoms with Gasteiger partial charge in [-0.1, -0.05) is 58.8 Å². The van der Waals surface area contributed by atoms with Gasteiger partial charge in [-0.05, 0) is 39.3 Å². The molecule has 0 heterocycles. The number of ether oxygens (including phenoxy) is 1. The second kappa shape index (κ2) is 19.2. The third-order valence-electron chi connectivity index (χ3n) is 4.62. The molecule has 0 saturated heterocycles. The van der Waals surface area contributed by atoms with Crippen LogP contribution in [0, 0.1) is 0 Å². The van der Waals surface area contributed by atoms with Gasteiger partial charge in [0, 0.05) is 6.42 Å². The smallest absolute Gasteiger partial charge is 0.328 e. The van der Waals surface area contributed by atoms with Gasteiger partial charge in [0.1, 0.15) is 12.3 Å². The number of amides is 1. The number of hydrogen-bond acceptors (Lipinski definition) is 6. The highest BCUT2D eigenvalue weighted by Gasteiger charge is 2.21. The number of carbonyl (C=O) groups is 2. The molecular formula is C21H44N4O3. The molecule has 0 saturated carbocycles. The molecule has 28 heavy (non-hydrogen) atoms. The molecule has 0 aromatic carbocycles. The van der Waals surface area contributed by atoms with Crippen molar-refractivity contribution in [3.63, 3.8) is 0 Å². The number of carbonyl (C=O) groups excluding carboxylic acids is 2. The summed E-state index contributed by atoms with van der Waals surface area (Å²) in [6.45, 7) is 7.74. The quantitative estimate of drug-likeness (QED) is 0.151. The summed E-state index contributed by atoms with van der Waals surface area (Å²) in [6, 6.07) is -0.585. The topological polar surface area (TPSA) is 105 Å². The third-order valence-corrected chi connectivity index (χ3v) is 4.62. The summed E-state index contributed by atoms with van der Waals surface area (Å²) >= 11 is 0. The summed E-state index contributed by atoms with van der Waals surface area (Å²) in [5.41, 5.74) is 5.82. The predicted molar refractivity (Wildman–Crippen MR) is 115 cm³/mol. The first-order chi connectivity index (χ1) is 13.5. The van der Waals surface area contributed by atoms with Crippen molar-refractivity contribution in [1.82, 2.24) is 16.0 Å².